The summed E-state index contributed by atoms with van der Waals surface area (Å²) in [4.78, 5) is 23.9. The van der Waals surface area contributed by atoms with Crippen molar-refractivity contribution in [2.45, 2.75) is 0 Å². The van der Waals surface area contributed by atoms with E-state index in [1.807, 2.05) is 6.07 Å². The molecule has 0 aliphatic carbocycles. The summed E-state index contributed by atoms with van der Waals surface area (Å²) < 4.78 is 2.25. The summed E-state index contributed by atoms with van der Waals surface area (Å²) in [6.07, 6.45) is 0. The van der Waals surface area contributed by atoms with E-state index in [1.54, 1.807) is 24.3 Å². The molecule has 0 aliphatic heterocycles. The van der Waals surface area contributed by atoms with Gasteiger partial charge >= 0.3 is 5.69 Å². The third kappa shape index (κ3) is 1.76. The Kier molecular flexibility index (Phi) is 3.12. The zero-order valence-corrected chi connectivity index (χ0v) is 10.5. The summed E-state index contributed by atoms with van der Waals surface area (Å²) in [7, 11) is 1.39. The van der Waals surface area contributed by atoms with Crippen LogP contribution in [0, 0.1) is 0 Å². The van der Waals surface area contributed by atoms with Crippen LogP contribution in [0.4, 0.5) is 5.82 Å². The molecule has 0 saturated carbocycles. The van der Waals surface area contributed by atoms with Crippen molar-refractivity contribution in [1.29, 1.82) is 0 Å². The van der Waals surface area contributed by atoms with Crippen molar-refractivity contribution in [2.24, 2.45) is 7.05 Å². The Morgan fingerprint density at radius 1 is 1.22 bits per heavy atom. The minimum Gasteiger partial charge on any atom is -0.384 e. The van der Waals surface area contributed by atoms with Crippen LogP contribution in [0.1, 0.15) is 5.56 Å². The monoisotopic (exact) mass is 261 g/mol. The molecule has 0 amide bonds. The third-order valence-electron chi connectivity index (χ3n) is 2.66. The topological polar surface area (TPSA) is 70.0 Å². The summed E-state index contributed by atoms with van der Waals surface area (Å²) in [6.45, 7) is 0. The molecule has 0 atom stereocenters. The number of hydrogen-bond donors (Lipinski definition) is 1. The molecule has 1 aromatic heterocycles. The Balaban J connectivity index is 2.93. The molecule has 2 aromatic rings. The number of rotatable bonds is 2. The molecule has 6 heteroatoms. The highest BCUT2D eigenvalue weighted by Crippen LogP contribution is 2.10. The Bertz CT molecular complexity index is 717. The normalized spacial score (nSPS) is 10.3. The van der Waals surface area contributed by atoms with Gasteiger partial charge in [0, 0.05) is 12.4 Å². The van der Waals surface area contributed by atoms with E-state index in [4.69, 9.17) is 18.0 Å². The lowest BCUT2D eigenvalue weighted by molar-refractivity contribution is 0.733. The first-order chi connectivity index (χ1) is 8.57. The average Bonchev–Trinajstić information content (AvgIpc) is 2.38. The fourth-order valence-electron chi connectivity index (χ4n) is 1.69. The van der Waals surface area contributed by atoms with Crippen molar-refractivity contribution >= 4 is 23.4 Å². The molecule has 1 aromatic carbocycles. The summed E-state index contributed by atoms with van der Waals surface area (Å²) in [5, 5.41) is 1.19. The number of nitrogen functional groups attached to an aromatic ring is 1. The number of hydrogen-bond acceptors (Lipinski definition) is 4. The number of nitrogens with two attached hydrogens (primary N) is 1. The largest absolute Gasteiger partial charge is 0.384 e. The number of anilines is 1. The van der Waals surface area contributed by atoms with E-state index in [0.717, 1.165) is 4.57 Å². The number of benzene rings is 1. The van der Waals surface area contributed by atoms with Crippen molar-refractivity contribution < 1.29 is 0 Å². The molecular formula is C12H11N3O2S. The van der Waals surface area contributed by atoms with Gasteiger partial charge in [-0.25, -0.2) is 9.36 Å². The number of para-hydroxylation sites is 1. The van der Waals surface area contributed by atoms with Crippen LogP contribution in [0.2, 0.25) is 0 Å². The second-order valence-electron chi connectivity index (χ2n) is 3.73. The second kappa shape index (κ2) is 4.58. The second-order valence-corrected chi connectivity index (χ2v) is 3.97. The molecule has 5 nitrogen and oxygen atoms in total. The van der Waals surface area contributed by atoms with Gasteiger partial charge in [0.2, 0.25) is 0 Å². The molecule has 92 valence electrons. The van der Waals surface area contributed by atoms with Gasteiger partial charge in [0.1, 0.15) is 5.82 Å². The molecule has 0 fully saturated rings. The highest BCUT2D eigenvalue weighted by atomic mass is 32.1. The minimum atomic E-state index is -0.496. The summed E-state index contributed by atoms with van der Waals surface area (Å²) >= 11 is 4.77. The van der Waals surface area contributed by atoms with E-state index in [9.17, 15) is 9.59 Å². The Morgan fingerprint density at radius 2 is 1.83 bits per heavy atom. The molecule has 0 bridgehead atoms. The molecule has 0 spiro atoms. The lowest BCUT2D eigenvalue weighted by atomic mass is 10.3. The van der Waals surface area contributed by atoms with Crippen molar-refractivity contribution in [3.8, 4) is 5.69 Å². The van der Waals surface area contributed by atoms with E-state index in [1.165, 1.54) is 17.0 Å². The summed E-state index contributed by atoms with van der Waals surface area (Å²) in [5.74, 6) is 0.0595. The number of thiocarbonyl (C=S) groups is 1. The molecule has 0 saturated heterocycles. The predicted molar refractivity (Wildman–Crippen MR) is 74.4 cm³/mol. The van der Waals surface area contributed by atoms with Gasteiger partial charge in [-0.15, -0.1) is 0 Å². The van der Waals surface area contributed by atoms with Gasteiger partial charge in [0.25, 0.3) is 5.56 Å². The first-order valence-electron chi connectivity index (χ1n) is 5.20. The third-order valence-corrected chi connectivity index (χ3v) is 2.90. The maximum atomic E-state index is 12.1. The summed E-state index contributed by atoms with van der Waals surface area (Å²) in [6, 6.07) is 8.85. The van der Waals surface area contributed by atoms with Gasteiger partial charge in [-0.05, 0) is 12.1 Å². The quantitative estimate of drug-likeness (QED) is 0.798. The van der Waals surface area contributed by atoms with Crippen LogP contribution < -0.4 is 17.0 Å². The van der Waals surface area contributed by atoms with Crippen molar-refractivity contribution in [3.05, 3.63) is 56.7 Å². The van der Waals surface area contributed by atoms with Crippen LogP contribution in [0.3, 0.4) is 0 Å². The van der Waals surface area contributed by atoms with Crippen molar-refractivity contribution in [3.63, 3.8) is 0 Å². The molecule has 2 N–H and O–H groups in total. The summed E-state index contributed by atoms with van der Waals surface area (Å²) in [5.41, 5.74) is 5.61. The van der Waals surface area contributed by atoms with Crippen molar-refractivity contribution in [2.75, 3.05) is 5.73 Å². The molecule has 0 unspecified atom stereocenters. The predicted octanol–water partition coefficient (Wildman–Crippen LogP) is 0.466. The molecule has 1 heterocycles. The van der Waals surface area contributed by atoms with E-state index in [0.29, 0.717) is 5.69 Å². The molecule has 2 rings (SSSR count). The maximum Gasteiger partial charge on any atom is 0.336 e. The Labute approximate surface area is 108 Å². The Morgan fingerprint density at radius 3 is 2.39 bits per heavy atom. The van der Waals surface area contributed by atoms with Gasteiger partial charge in [0.15, 0.2) is 0 Å². The molecule has 0 aliphatic rings. The van der Waals surface area contributed by atoms with E-state index in [-0.39, 0.29) is 11.4 Å². The first-order valence-corrected chi connectivity index (χ1v) is 5.67. The fraction of sp³-hybridized carbons (Fsp3) is 0.0833. The van der Waals surface area contributed by atoms with Gasteiger partial charge in [0.05, 0.1) is 11.3 Å². The number of aromatic nitrogens is 2. The van der Waals surface area contributed by atoms with Crippen LogP contribution in [-0.2, 0) is 7.05 Å². The maximum absolute atomic E-state index is 12.1. The van der Waals surface area contributed by atoms with Gasteiger partial charge in [-0.2, -0.15) is 0 Å². The minimum absolute atomic E-state index is 0.0595. The number of nitrogens with zero attached hydrogens (tertiary/aromatic N) is 2. The first kappa shape index (κ1) is 12.3. The zero-order valence-electron chi connectivity index (χ0n) is 9.66. The molecule has 0 radical (unpaired) electrons. The lowest BCUT2D eigenvalue weighted by Gasteiger charge is -2.12. The van der Waals surface area contributed by atoms with Crippen LogP contribution in [0.5, 0.6) is 0 Å². The van der Waals surface area contributed by atoms with Gasteiger partial charge in [-0.1, -0.05) is 30.4 Å². The van der Waals surface area contributed by atoms with E-state index >= 15 is 0 Å². The fourth-order valence-corrected chi connectivity index (χ4v) is 1.91. The zero-order chi connectivity index (χ0) is 13.3. The van der Waals surface area contributed by atoms with Crippen LogP contribution in [0.15, 0.2) is 39.9 Å². The molecule has 18 heavy (non-hydrogen) atoms. The van der Waals surface area contributed by atoms with Crippen molar-refractivity contribution in [1.82, 2.24) is 9.13 Å². The standard InChI is InChI=1S/C12H11N3O2S/c1-14-11(16)9(7-18)10(13)15(12(14)17)8-5-3-2-4-6-8/h2-7H,13H2,1H3. The van der Waals surface area contributed by atoms with E-state index in [2.05, 4.69) is 0 Å². The smallest absolute Gasteiger partial charge is 0.336 e. The van der Waals surface area contributed by atoms with Crippen LogP contribution >= 0.6 is 12.2 Å². The van der Waals surface area contributed by atoms with E-state index < -0.39 is 11.2 Å². The van der Waals surface area contributed by atoms with Gasteiger partial charge < -0.3 is 5.73 Å². The SMILES string of the molecule is Cn1c(=O)c(C=S)c(N)n(-c2ccccc2)c1=O. The highest BCUT2D eigenvalue weighted by molar-refractivity contribution is 7.79. The van der Waals surface area contributed by atoms with Crippen LogP contribution in [-0.4, -0.2) is 14.5 Å². The lowest BCUT2D eigenvalue weighted by Crippen LogP contribution is -2.40. The Hall–Kier alpha value is -2.21. The molecular weight excluding hydrogens is 250 g/mol. The van der Waals surface area contributed by atoms with Crippen LogP contribution in [0.25, 0.3) is 5.69 Å². The highest BCUT2D eigenvalue weighted by Gasteiger charge is 2.14. The van der Waals surface area contributed by atoms with Gasteiger partial charge in [-0.3, -0.25) is 9.36 Å². The average molecular weight is 261 g/mol.